The molecule has 1 saturated carbocycles. The minimum absolute atomic E-state index is 0.195. The van der Waals surface area contributed by atoms with E-state index in [1.165, 1.54) is 6.20 Å². The summed E-state index contributed by atoms with van der Waals surface area (Å²) in [5, 5.41) is 21.4. The normalized spacial score (nSPS) is 33.9. The first-order chi connectivity index (χ1) is 7.72. The molecule has 2 rings (SSSR count). The Morgan fingerprint density at radius 3 is 3.00 bits per heavy atom. The summed E-state index contributed by atoms with van der Waals surface area (Å²) in [5.74, 6) is -0.394. The molecule has 1 aliphatic rings. The molecule has 1 aromatic heterocycles. The molecule has 0 bridgehead atoms. The second kappa shape index (κ2) is 4.76. The summed E-state index contributed by atoms with van der Waals surface area (Å²) in [5.41, 5.74) is 0.647. The molecule has 5 heteroatoms. The van der Waals surface area contributed by atoms with Gasteiger partial charge in [-0.1, -0.05) is 0 Å². The Morgan fingerprint density at radius 2 is 2.44 bits per heavy atom. The van der Waals surface area contributed by atoms with Gasteiger partial charge in [0.05, 0.1) is 12.1 Å². The van der Waals surface area contributed by atoms with Crippen LogP contribution in [0.25, 0.3) is 0 Å². The van der Waals surface area contributed by atoms with Crippen LogP contribution in [-0.4, -0.2) is 40.1 Å². The molecule has 4 nitrogen and oxygen atoms in total. The van der Waals surface area contributed by atoms with E-state index in [-0.39, 0.29) is 6.61 Å². The Morgan fingerprint density at radius 1 is 1.62 bits per heavy atom. The van der Waals surface area contributed by atoms with Crippen LogP contribution in [0.5, 0.6) is 0 Å². The molecule has 0 amide bonds. The lowest BCUT2D eigenvalue weighted by Crippen LogP contribution is -2.31. The van der Waals surface area contributed by atoms with Gasteiger partial charge in [0.25, 0.3) is 0 Å². The molecule has 0 aromatic carbocycles. The predicted octanol–water partition coefficient (Wildman–Crippen LogP) is 0.373. The molecule has 1 heterocycles. The SMILES string of the molecule is OC[C@H]1C[C@@H](Nc2[c]cncc2)[C@@H](F)[C@@H]1O. The fourth-order valence-electron chi connectivity index (χ4n) is 2.02. The average molecular weight is 225 g/mol. The van der Waals surface area contributed by atoms with Crippen LogP contribution in [0, 0.1) is 12.0 Å². The van der Waals surface area contributed by atoms with E-state index in [0.717, 1.165) is 0 Å². The van der Waals surface area contributed by atoms with E-state index in [9.17, 15) is 9.50 Å². The number of aliphatic hydroxyl groups excluding tert-OH is 2. The molecule has 0 aliphatic heterocycles. The summed E-state index contributed by atoms with van der Waals surface area (Å²) in [6.45, 7) is -0.195. The standard InChI is InChI=1S/C11H14FN2O2/c12-10-9(5-7(6-15)11(10)16)14-8-1-3-13-4-2-8/h1,3-4,7,9-11,15-16H,5-6H2,(H,13,14)/t7-,9-,10-,11-/m1/s1. The summed E-state index contributed by atoms with van der Waals surface area (Å²) >= 11 is 0. The lowest BCUT2D eigenvalue weighted by molar-refractivity contribution is 0.0444. The van der Waals surface area contributed by atoms with Gasteiger partial charge >= 0.3 is 0 Å². The van der Waals surface area contributed by atoms with E-state index in [2.05, 4.69) is 16.4 Å². The fraction of sp³-hybridized carbons (Fsp3) is 0.545. The van der Waals surface area contributed by atoms with Crippen molar-refractivity contribution in [1.29, 1.82) is 0 Å². The smallest absolute Gasteiger partial charge is 0.146 e. The highest BCUT2D eigenvalue weighted by molar-refractivity contribution is 5.41. The topological polar surface area (TPSA) is 65.4 Å². The van der Waals surface area contributed by atoms with E-state index in [0.29, 0.717) is 12.1 Å². The molecule has 0 unspecified atom stereocenters. The largest absolute Gasteiger partial charge is 0.396 e. The lowest BCUT2D eigenvalue weighted by Gasteiger charge is -2.16. The van der Waals surface area contributed by atoms with E-state index in [1.54, 1.807) is 12.3 Å². The number of rotatable bonds is 3. The summed E-state index contributed by atoms with van der Waals surface area (Å²) in [7, 11) is 0. The highest BCUT2D eigenvalue weighted by atomic mass is 19.1. The number of nitrogens with one attached hydrogen (secondary N) is 1. The molecular weight excluding hydrogens is 211 g/mol. The van der Waals surface area contributed by atoms with Crippen molar-refractivity contribution in [2.24, 2.45) is 5.92 Å². The lowest BCUT2D eigenvalue weighted by atomic mass is 10.1. The summed E-state index contributed by atoms with van der Waals surface area (Å²) < 4.78 is 13.7. The minimum Gasteiger partial charge on any atom is -0.396 e. The van der Waals surface area contributed by atoms with E-state index < -0.39 is 24.2 Å². The molecule has 4 atom stereocenters. The van der Waals surface area contributed by atoms with Crippen molar-refractivity contribution in [3.63, 3.8) is 0 Å². The van der Waals surface area contributed by atoms with E-state index in [4.69, 9.17) is 5.11 Å². The number of hydrogen-bond acceptors (Lipinski definition) is 4. The van der Waals surface area contributed by atoms with Gasteiger partial charge in [-0.3, -0.25) is 4.98 Å². The monoisotopic (exact) mass is 225 g/mol. The van der Waals surface area contributed by atoms with Crippen molar-refractivity contribution in [2.45, 2.75) is 24.7 Å². The zero-order valence-corrected chi connectivity index (χ0v) is 8.68. The Hall–Kier alpha value is -1.20. The van der Waals surface area contributed by atoms with Crippen molar-refractivity contribution in [1.82, 2.24) is 4.98 Å². The first-order valence-electron chi connectivity index (χ1n) is 5.23. The van der Waals surface area contributed by atoms with Crippen molar-refractivity contribution in [2.75, 3.05) is 11.9 Å². The number of alkyl halides is 1. The van der Waals surface area contributed by atoms with Gasteiger partial charge < -0.3 is 15.5 Å². The second-order valence-electron chi connectivity index (χ2n) is 4.02. The van der Waals surface area contributed by atoms with Gasteiger partial charge in [0.1, 0.15) is 6.17 Å². The van der Waals surface area contributed by atoms with Crippen LogP contribution >= 0.6 is 0 Å². The highest BCUT2D eigenvalue weighted by Crippen LogP contribution is 2.30. The van der Waals surface area contributed by atoms with Crippen LogP contribution < -0.4 is 5.32 Å². The molecular formula is C11H14FN2O2. The maximum absolute atomic E-state index is 13.7. The predicted molar refractivity (Wildman–Crippen MR) is 56.6 cm³/mol. The Kier molecular flexibility index (Phi) is 3.36. The van der Waals surface area contributed by atoms with Crippen LogP contribution in [-0.2, 0) is 0 Å². The van der Waals surface area contributed by atoms with Gasteiger partial charge in [0.15, 0.2) is 0 Å². The third-order valence-electron chi connectivity index (χ3n) is 2.95. The Bertz CT molecular complexity index is 336. The maximum atomic E-state index is 13.7. The molecule has 1 aromatic rings. The van der Waals surface area contributed by atoms with Crippen LogP contribution in [0.1, 0.15) is 6.42 Å². The average Bonchev–Trinajstić information content (AvgIpc) is 2.58. The first-order valence-corrected chi connectivity index (χ1v) is 5.23. The van der Waals surface area contributed by atoms with Crippen LogP contribution in [0.4, 0.5) is 10.1 Å². The highest BCUT2D eigenvalue weighted by Gasteiger charge is 2.42. The Labute approximate surface area is 93.1 Å². The van der Waals surface area contributed by atoms with Crippen molar-refractivity contribution < 1.29 is 14.6 Å². The third-order valence-corrected chi connectivity index (χ3v) is 2.95. The van der Waals surface area contributed by atoms with Gasteiger partial charge in [0.2, 0.25) is 0 Å². The van der Waals surface area contributed by atoms with Gasteiger partial charge in [-0.25, -0.2) is 4.39 Å². The number of aromatic nitrogens is 1. The third kappa shape index (κ3) is 2.15. The van der Waals surface area contributed by atoms with Crippen LogP contribution in [0.2, 0.25) is 0 Å². The second-order valence-corrected chi connectivity index (χ2v) is 4.02. The number of aliphatic hydroxyl groups is 2. The molecule has 1 aliphatic carbocycles. The molecule has 0 saturated heterocycles. The first kappa shape index (κ1) is 11.3. The molecule has 87 valence electrons. The number of halogens is 1. The maximum Gasteiger partial charge on any atom is 0.146 e. The molecule has 0 spiro atoms. The van der Waals surface area contributed by atoms with E-state index >= 15 is 0 Å². The number of pyridine rings is 1. The van der Waals surface area contributed by atoms with Gasteiger partial charge in [-0.05, 0) is 12.5 Å². The van der Waals surface area contributed by atoms with Gasteiger partial charge in [0, 0.05) is 36.7 Å². The van der Waals surface area contributed by atoms with Crippen LogP contribution in [0.3, 0.4) is 0 Å². The fourth-order valence-corrected chi connectivity index (χ4v) is 2.02. The molecule has 1 radical (unpaired) electrons. The van der Waals surface area contributed by atoms with Crippen molar-refractivity contribution >= 4 is 5.69 Å². The Balaban J connectivity index is 2.01. The van der Waals surface area contributed by atoms with Crippen molar-refractivity contribution in [3.05, 3.63) is 24.5 Å². The van der Waals surface area contributed by atoms with Gasteiger partial charge in [-0.15, -0.1) is 0 Å². The number of nitrogens with zero attached hydrogens (tertiary/aromatic N) is 1. The quantitative estimate of drug-likeness (QED) is 0.695. The zero-order valence-electron chi connectivity index (χ0n) is 8.68. The number of anilines is 1. The number of hydrogen-bond donors (Lipinski definition) is 3. The zero-order chi connectivity index (χ0) is 11.5. The van der Waals surface area contributed by atoms with Crippen LogP contribution in [0.15, 0.2) is 18.5 Å². The van der Waals surface area contributed by atoms with Crippen molar-refractivity contribution in [3.8, 4) is 0 Å². The summed E-state index contributed by atoms with van der Waals surface area (Å²) in [6.07, 6.45) is 1.03. The minimum atomic E-state index is -1.36. The molecule has 16 heavy (non-hydrogen) atoms. The molecule has 1 fully saturated rings. The van der Waals surface area contributed by atoms with Gasteiger partial charge in [-0.2, -0.15) is 0 Å². The van der Waals surface area contributed by atoms with E-state index in [1.807, 2.05) is 0 Å². The summed E-state index contributed by atoms with van der Waals surface area (Å²) in [6, 6.07) is 4.04. The summed E-state index contributed by atoms with van der Waals surface area (Å²) in [4.78, 5) is 3.81. The molecule has 3 N–H and O–H groups in total.